The van der Waals surface area contributed by atoms with Crippen molar-refractivity contribution in [3.8, 4) is 0 Å². The second kappa shape index (κ2) is 4.01. The highest BCUT2D eigenvalue weighted by Gasteiger charge is 2.02. The Bertz CT molecular complexity index is 236. The molecule has 0 aliphatic rings. The lowest BCUT2D eigenvalue weighted by atomic mass is 10.4. The average molecular weight is 269 g/mol. The van der Waals surface area contributed by atoms with Gasteiger partial charge in [0.15, 0.2) is 0 Å². The van der Waals surface area contributed by atoms with Gasteiger partial charge in [-0.3, -0.25) is 4.68 Å². The summed E-state index contributed by atoms with van der Waals surface area (Å²) in [4.78, 5) is 0. The Morgan fingerprint density at radius 3 is 2.91 bits per heavy atom. The molecule has 5 heteroatoms. The van der Waals surface area contributed by atoms with Crippen molar-refractivity contribution in [1.29, 1.82) is 0 Å². The van der Waals surface area contributed by atoms with E-state index in [9.17, 15) is 4.39 Å². The van der Waals surface area contributed by atoms with Crippen LogP contribution in [0.5, 0.6) is 0 Å². The van der Waals surface area contributed by atoms with Crippen LogP contribution in [0.1, 0.15) is 5.69 Å². The van der Waals surface area contributed by atoms with Crippen LogP contribution >= 0.6 is 22.6 Å². The van der Waals surface area contributed by atoms with E-state index in [1.165, 1.54) is 0 Å². The van der Waals surface area contributed by atoms with Crippen molar-refractivity contribution in [2.45, 2.75) is 13.1 Å². The molecule has 62 valence electrons. The van der Waals surface area contributed by atoms with E-state index in [1.807, 2.05) is 6.07 Å². The molecule has 0 aromatic carbocycles. The predicted octanol–water partition coefficient (Wildman–Crippen LogP) is 0.916. The number of hydrogen-bond acceptors (Lipinski definition) is 2. The Hall–Kier alpha value is -0.170. The van der Waals surface area contributed by atoms with Gasteiger partial charge in [-0.25, -0.2) is 4.39 Å². The summed E-state index contributed by atoms with van der Waals surface area (Å²) in [6.45, 7) is 0.343. The van der Waals surface area contributed by atoms with Gasteiger partial charge in [0.2, 0.25) is 0 Å². The summed E-state index contributed by atoms with van der Waals surface area (Å²) in [5.41, 5.74) is 6.16. The molecule has 0 atom stereocenters. The largest absolute Gasteiger partial charge is 0.325 e. The van der Waals surface area contributed by atoms with E-state index in [-0.39, 0.29) is 6.67 Å². The molecule has 0 unspecified atom stereocenters. The van der Waals surface area contributed by atoms with E-state index in [0.29, 0.717) is 13.1 Å². The normalized spacial score (nSPS) is 10.5. The van der Waals surface area contributed by atoms with Crippen LogP contribution in [0.2, 0.25) is 0 Å². The Balaban J connectivity index is 2.79. The summed E-state index contributed by atoms with van der Waals surface area (Å²) in [5, 5.41) is 4.06. The van der Waals surface area contributed by atoms with Crippen LogP contribution in [0.3, 0.4) is 0 Å². The second-order valence-corrected chi connectivity index (χ2v) is 3.18. The van der Waals surface area contributed by atoms with Crippen LogP contribution in [0.25, 0.3) is 0 Å². The standard InChI is InChI=1S/C6H9FIN3/c7-1-2-11-6(8)3-5(4-9)10-11/h3H,1-2,4,9H2. The van der Waals surface area contributed by atoms with Gasteiger partial charge < -0.3 is 5.73 Å². The van der Waals surface area contributed by atoms with Crippen LogP contribution in [-0.2, 0) is 13.1 Å². The van der Waals surface area contributed by atoms with Crippen molar-refractivity contribution < 1.29 is 4.39 Å². The fourth-order valence-corrected chi connectivity index (χ4v) is 1.49. The monoisotopic (exact) mass is 269 g/mol. The number of hydrogen-bond donors (Lipinski definition) is 1. The minimum absolute atomic E-state index is 0.318. The van der Waals surface area contributed by atoms with E-state index < -0.39 is 0 Å². The molecule has 11 heavy (non-hydrogen) atoms. The van der Waals surface area contributed by atoms with Crippen molar-refractivity contribution in [1.82, 2.24) is 9.78 Å². The van der Waals surface area contributed by atoms with Gasteiger partial charge in [-0.1, -0.05) is 0 Å². The molecule has 0 saturated heterocycles. The van der Waals surface area contributed by atoms with Crippen LogP contribution < -0.4 is 5.73 Å². The molecular weight excluding hydrogens is 260 g/mol. The average Bonchev–Trinajstić information content (AvgIpc) is 2.33. The van der Waals surface area contributed by atoms with E-state index >= 15 is 0 Å². The van der Waals surface area contributed by atoms with Crippen LogP contribution in [0.15, 0.2) is 6.07 Å². The molecule has 3 nitrogen and oxygen atoms in total. The summed E-state index contributed by atoms with van der Waals surface area (Å²) in [6.07, 6.45) is 0. The zero-order valence-electron chi connectivity index (χ0n) is 5.93. The lowest BCUT2D eigenvalue weighted by Gasteiger charge is -1.96. The molecule has 0 fully saturated rings. The molecule has 0 radical (unpaired) electrons. The maximum atomic E-state index is 11.9. The number of halogens is 2. The maximum absolute atomic E-state index is 11.9. The highest BCUT2D eigenvalue weighted by Crippen LogP contribution is 2.06. The Kier molecular flexibility index (Phi) is 3.25. The summed E-state index contributed by atoms with van der Waals surface area (Å²) in [6, 6.07) is 1.86. The van der Waals surface area contributed by atoms with Crippen molar-refractivity contribution in [2.24, 2.45) is 5.73 Å². The Labute approximate surface area is 77.9 Å². The minimum Gasteiger partial charge on any atom is -0.325 e. The maximum Gasteiger partial charge on any atom is 0.109 e. The number of alkyl halides is 1. The first kappa shape index (κ1) is 8.92. The molecule has 0 saturated carbocycles. The Morgan fingerprint density at radius 2 is 2.45 bits per heavy atom. The van der Waals surface area contributed by atoms with Crippen LogP contribution in [0, 0.1) is 3.70 Å². The molecule has 1 aromatic heterocycles. The summed E-state index contributed by atoms with van der Waals surface area (Å²) >= 11 is 2.11. The zero-order chi connectivity index (χ0) is 8.27. The molecular formula is C6H9FIN3. The number of nitrogens with zero attached hydrogens (tertiary/aromatic N) is 2. The van der Waals surface area contributed by atoms with Gasteiger partial charge in [-0.05, 0) is 28.7 Å². The number of aryl methyl sites for hydroxylation is 1. The van der Waals surface area contributed by atoms with Crippen molar-refractivity contribution in [3.05, 3.63) is 15.5 Å². The molecule has 0 amide bonds. The topological polar surface area (TPSA) is 43.8 Å². The third kappa shape index (κ3) is 2.13. The van der Waals surface area contributed by atoms with Gasteiger partial charge in [-0.15, -0.1) is 0 Å². The van der Waals surface area contributed by atoms with Gasteiger partial charge in [0, 0.05) is 6.54 Å². The Morgan fingerprint density at radius 1 is 1.73 bits per heavy atom. The molecule has 0 aliphatic heterocycles. The lowest BCUT2D eigenvalue weighted by molar-refractivity contribution is 0.422. The quantitative estimate of drug-likeness (QED) is 0.829. The van der Waals surface area contributed by atoms with E-state index in [2.05, 4.69) is 27.7 Å². The zero-order valence-corrected chi connectivity index (χ0v) is 8.08. The highest BCUT2D eigenvalue weighted by molar-refractivity contribution is 14.1. The van der Waals surface area contributed by atoms with E-state index in [4.69, 9.17) is 5.73 Å². The van der Waals surface area contributed by atoms with E-state index in [1.54, 1.807) is 4.68 Å². The fourth-order valence-electron chi connectivity index (χ4n) is 0.780. The van der Waals surface area contributed by atoms with Crippen molar-refractivity contribution in [2.75, 3.05) is 6.67 Å². The van der Waals surface area contributed by atoms with Gasteiger partial charge in [0.1, 0.15) is 6.67 Å². The van der Waals surface area contributed by atoms with Crippen molar-refractivity contribution in [3.63, 3.8) is 0 Å². The number of rotatable bonds is 3. The van der Waals surface area contributed by atoms with Gasteiger partial charge in [0.05, 0.1) is 15.9 Å². The van der Waals surface area contributed by atoms with Crippen molar-refractivity contribution >= 4 is 22.6 Å². The third-order valence-electron chi connectivity index (χ3n) is 1.29. The molecule has 1 rings (SSSR count). The highest BCUT2D eigenvalue weighted by atomic mass is 127. The number of aromatic nitrogens is 2. The molecule has 0 aliphatic carbocycles. The summed E-state index contributed by atoms with van der Waals surface area (Å²) < 4.78 is 14.4. The summed E-state index contributed by atoms with van der Waals surface area (Å²) in [7, 11) is 0. The lowest BCUT2D eigenvalue weighted by Crippen LogP contribution is -2.05. The van der Waals surface area contributed by atoms with Gasteiger partial charge in [-0.2, -0.15) is 5.10 Å². The smallest absolute Gasteiger partial charge is 0.109 e. The minimum atomic E-state index is -0.387. The first-order valence-corrected chi connectivity index (χ1v) is 4.34. The van der Waals surface area contributed by atoms with Gasteiger partial charge >= 0.3 is 0 Å². The fraction of sp³-hybridized carbons (Fsp3) is 0.500. The van der Waals surface area contributed by atoms with E-state index in [0.717, 1.165) is 9.39 Å². The van der Waals surface area contributed by atoms with Crippen LogP contribution in [-0.4, -0.2) is 16.5 Å². The first-order chi connectivity index (χ1) is 5.27. The van der Waals surface area contributed by atoms with Crippen LogP contribution in [0.4, 0.5) is 4.39 Å². The molecule has 1 aromatic rings. The molecule has 0 bridgehead atoms. The van der Waals surface area contributed by atoms with Gasteiger partial charge in [0.25, 0.3) is 0 Å². The second-order valence-electron chi connectivity index (χ2n) is 2.07. The molecule has 2 N–H and O–H groups in total. The number of nitrogens with two attached hydrogens (primary N) is 1. The first-order valence-electron chi connectivity index (χ1n) is 3.26. The third-order valence-corrected chi connectivity index (χ3v) is 2.16. The predicted molar refractivity (Wildman–Crippen MR) is 48.8 cm³/mol. The molecule has 1 heterocycles. The summed E-state index contributed by atoms with van der Waals surface area (Å²) in [5.74, 6) is 0. The molecule has 0 spiro atoms. The SMILES string of the molecule is NCc1cc(I)n(CCF)n1.